The van der Waals surface area contributed by atoms with E-state index in [-0.39, 0.29) is 24.0 Å². The van der Waals surface area contributed by atoms with Gasteiger partial charge < -0.3 is 14.9 Å². The average molecular weight is 287 g/mol. The van der Waals surface area contributed by atoms with E-state index in [0.29, 0.717) is 0 Å². The van der Waals surface area contributed by atoms with E-state index in [1.165, 1.54) is 0 Å². The summed E-state index contributed by atoms with van der Waals surface area (Å²) in [5.41, 5.74) is 0. The molecule has 0 aliphatic carbocycles. The first-order chi connectivity index (χ1) is 8.02. The van der Waals surface area contributed by atoms with Crippen LogP contribution >= 0.6 is 23.2 Å². The molecule has 0 fully saturated rings. The SMILES string of the molecule is CCCC(Cl)C(O)COCC(O)C(Cl)CCC. The smallest absolute Gasteiger partial charge is 0.0936 e. The zero-order valence-corrected chi connectivity index (χ0v) is 12.1. The van der Waals surface area contributed by atoms with Gasteiger partial charge in [0.15, 0.2) is 0 Å². The van der Waals surface area contributed by atoms with E-state index in [9.17, 15) is 10.2 Å². The van der Waals surface area contributed by atoms with E-state index in [1.54, 1.807) is 0 Å². The van der Waals surface area contributed by atoms with Crippen LogP contribution < -0.4 is 0 Å². The van der Waals surface area contributed by atoms with Gasteiger partial charge in [-0.15, -0.1) is 23.2 Å². The zero-order chi connectivity index (χ0) is 13.3. The van der Waals surface area contributed by atoms with Crippen LogP contribution in [-0.2, 0) is 4.74 Å². The number of aliphatic hydroxyl groups is 2. The highest BCUT2D eigenvalue weighted by atomic mass is 35.5. The lowest BCUT2D eigenvalue weighted by Gasteiger charge is -2.19. The van der Waals surface area contributed by atoms with Crippen molar-refractivity contribution >= 4 is 23.2 Å². The second kappa shape index (κ2) is 10.4. The van der Waals surface area contributed by atoms with E-state index in [0.717, 1.165) is 25.7 Å². The quantitative estimate of drug-likeness (QED) is 0.607. The third-order valence-corrected chi connectivity index (χ3v) is 3.56. The molecule has 0 saturated carbocycles. The molecule has 0 radical (unpaired) electrons. The average Bonchev–Trinajstić information content (AvgIpc) is 2.29. The molecule has 4 unspecified atom stereocenters. The van der Waals surface area contributed by atoms with Crippen LogP contribution in [0.2, 0.25) is 0 Å². The molecule has 0 saturated heterocycles. The molecule has 4 atom stereocenters. The van der Waals surface area contributed by atoms with E-state index >= 15 is 0 Å². The summed E-state index contributed by atoms with van der Waals surface area (Å²) in [6.45, 7) is 4.30. The summed E-state index contributed by atoms with van der Waals surface area (Å²) in [5, 5.41) is 18.7. The molecule has 0 bridgehead atoms. The van der Waals surface area contributed by atoms with Crippen LogP contribution in [0.4, 0.5) is 0 Å². The molecule has 2 N–H and O–H groups in total. The summed E-state index contributed by atoms with van der Waals surface area (Å²) in [6.07, 6.45) is 1.97. The first kappa shape index (κ1) is 17.5. The minimum atomic E-state index is -0.691. The van der Waals surface area contributed by atoms with Gasteiger partial charge in [0.1, 0.15) is 0 Å². The van der Waals surface area contributed by atoms with E-state index in [1.807, 2.05) is 13.8 Å². The van der Waals surface area contributed by atoms with Crippen LogP contribution in [0.1, 0.15) is 39.5 Å². The number of hydrogen-bond donors (Lipinski definition) is 2. The fraction of sp³-hybridized carbons (Fsp3) is 1.00. The number of halogens is 2. The number of aliphatic hydroxyl groups excluding tert-OH is 2. The van der Waals surface area contributed by atoms with Crippen LogP contribution in [0.5, 0.6) is 0 Å². The topological polar surface area (TPSA) is 49.7 Å². The monoisotopic (exact) mass is 286 g/mol. The van der Waals surface area contributed by atoms with Gasteiger partial charge in [-0.3, -0.25) is 0 Å². The summed E-state index contributed by atoms with van der Waals surface area (Å²) < 4.78 is 5.22. The summed E-state index contributed by atoms with van der Waals surface area (Å²) in [4.78, 5) is 0. The molecular formula is C12H24Cl2O3. The zero-order valence-electron chi connectivity index (χ0n) is 10.6. The molecule has 0 amide bonds. The third kappa shape index (κ3) is 8.22. The molecular weight excluding hydrogens is 263 g/mol. The Morgan fingerprint density at radius 3 is 1.53 bits per heavy atom. The van der Waals surface area contributed by atoms with E-state index in [4.69, 9.17) is 27.9 Å². The van der Waals surface area contributed by atoms with E-state index in [2.05, 4.69) is 0 Å². The highest BCUT2D eigenvalue weighted by molar-refractivity contribution is 6.21. The minimum absolute atomic E-state index is 0.140. The van der Waals surface area contributed by atoms with Gasteiger partial charge in [0, 0.05) is 0 Å². The first-order valence-corrected chi connectivity index (χ1v) is 7.12. The lowest BCUT2D eigenvalue weighted by Crippen LogP contribution is -2.31. The summed E-state index contributed by atoms with van der Waals surface area (Å²) in [6, 6.07) is 0. The van der Waals surface area contributed by atoms with Gasteiger partial charge in [-0.2, -0.15) is 0 Å². The second-order valence-electron chi connectivity index (χ2n) is 4.28. The standard InChI is InChI=1S/C12H24Cl2O3/c1-3-5-9(13)11(15)7-17-8-12(16)10(14)6-4-2/h9-12,15-16H,3-8H2,1-2H3. The van der Waals surface area contributed by atoms with Crippen molar-refractivity contribution < 1.29 is 14.9 Å². The van der Waals surface area contributed by atoms with E-state index < -0.39 is 12.2 Å². The van der Waals surface area contributed by atoms with Crippen LogP contribution in [-0.4, -0.2) is 46.4 Å². The van der Waals surface area contributed by atoms with Crippen molar-refractivity contribution in [2.24, 2.45) is 0 Å². The van der Waals surface area contributed by atoms with Gasteiger partial charge in [0.25, 0.3) is 0 Å². The number of rotatable bonds is 10. The largest absolute Gasteiger partial charge is 0.389 e. The second-order valence-corrected chi connectivity index (χ2v) is 5.40. The molecule has 0 aliphatic rings. The maximum absolute atomic E-state index is 9.63. The fourth-order valence-corrected chi connectivity index (χ4v) is 2.04. The molecule has 0 aromatic heterocycles. The molecule has 0 aromatic carbocycles. The van der Waals surface area contributed by atoms with Gasteiger partial charge in [-0.25, -0.2) is 0 Å². The Kier molecular flexibility index (Phi) is 10.7. The predicted molar refractivity (Wildman–Crippen MR) is 71.9 cm³/mol. The van der Waals surface area contributed by atoms with Crippen molar-refractivity contribution in [3.05, 3.63) is 0 Å². The highest BCUT2D eigenvalue weighted by Gasteiger charge is 2.19. The minimum Gasteiger partial charge on any atom is -0.389 e. The first-order valence-electron chi connectivity index (χ1n) is 6.24. The highest BCUT2D eigenvalue weighted by Crippen LogP contribution is 2.13. The number of ether oxygens (including phenoxy) is 1. The molecule has 0 aromatic rings. The Balaban J connectivity index is 3.68. The summed E-state index contributed by atoms with van der Waals surface area (Å²) in [7, 11) is 0. The molecule has 0 rings (SSSR count). The van der Waals surface area contributed by atoms with Crippen LogP contribution in [0.25, 0.3) is 0 Å². The third-order valence-electron chi connectivity index (χ3n) is 2.54. The predicted octanol–water partition coefficient (Wildman–Crippen LogP) is 2.54. The molecule has 17 heavy (non-hydrogen) atoms. The van der Waals surface area contributed by atoms with Crippen molar-refractivity contribution in [3.63, 3.8) is 0 Å². The lowest BCUT2D eigenvalue weighted by atomic mass is 10.1. The fourth-order valence-electron chi connectivity index (χ4n) is 1.45. The molecule has 5 heteroatoms. The normalized spacial score (nSPS) is 18.7. The van der Waals surface area contributed by atoms with Gasteiger partial charge >= 0.3 is 0 Å². The number of hydrogen-bond acceptors (Lipinski definition) is 3. The Morgan fingerprint density at radius 1 is 0.882 bits per heavy atom. The maximum Gasteiger partial charge on any atom is 0.0936 e. The van der Waals surface area contributed by atoms with Crippen LogP contribution in [0.3, 0.4) is 0 Å². The van der Waals surface area contributed by atoms with Gasteiger partial charge in [-0.05, 0) is 12.8 Å². The summed E-state index contributed by atoms with van der Waals surface area (Å²) >= 11 is 11.9. The van der Waals surface area contributed by atoms with Crippen molar-refractivity contribution in [3.8, 4) is 0 Å². The maximum atomic E-state index is 9.63. The van der Waals surface area contributed by atoms with Crippen molar-refractivity contribution in [1.29, 1.82) is 0 Å². The van der Waals surface area contributed by atoms with Crippen molar-refractivity contribution in [1.82, 2.24) is 0 Å². The van der Waals surface area contributed by atoms with Crippen molar-refractivity contribution in [2.75, 3.05) is 13.2 Å². The van der Waals surface area contributed by atoms with Crippen molar-refractivity contribution in [2.45, 2.75) is 62.5 Å². The van der Waals surface area contributed by atoms with Crippen LogP contribution in [0.15, 0.2) is 0 Å². The molecule has 3 nitrogen and oxygen atoms in total. The molecule has 0 spiro atoms. The van der Waals surface area contributed by atoms with Gasteiger partial charge in [0.05, 0.1) is 36.2 Å². The van der Waals surface area contributed by atoms with Crippen LogP contribution in [0, 0.1) is 0 Å². The Bertz CT molecular complexity index is 163. The molecule has 0 heterocycles. The molecule has 104 valence electrons. The molecule has 0 aliphatic heterocycles. The Labute approximate surface area is 114 Å². The Hall–Kier alpha value is 0.460. The lowest BCUT2D eigenvalue weighted by molar-refractivity contribution is -0.0104. The number of alkyl halides is 2. The Morgan fingerprint density at radius 2 is 1.24 bits per heavy atom. The van der Waals surface area contributed by atoms with Gasteiger partial charge in [0.2, 0.25) is 0 Å². The summed E-state index contributed by atoms with van der Waals surface area (Å²) in [5.74, 6) is 0. The van der Waals surface area contributed by atoms with Gasteiger partial charge in [-0.1, -0.05) is 26.7 Å².